The van der Waals surface area contributed by atoms with Gasteiger partial charge in [-0.1, -0.05) is 44.2 Å². The minimum Gasteiger partial charge on any atom is -0.138 e. The average Bonchev–Trinajstić information content (AvgIpc) is 2.90. The van der Waals surface area contributed by atoms with Crippen LogP contribution in [0.3, 0.4) is 0 Å². The van der Waals surface area contributed by atoms with Crippen molar-refractivity contribution in [2.45, 2.75) is 39.5 Å². The lowest BCUT2D eigenvalue weighted by Crippen LogP contribution is -2.17. The van der Waals surface area contributed by atoms with Gasteiger partial charge >= 0.3 is 0 Å². The summed E-state index contributed by atoms with van der Waals surface area (Å²) in [6, 6.07) is 0. The van der Waals surface area contributed by atoms with E-state index in [2.05, 4.69) is 44.7 Å². The van der Waals surface area contributed by atoms with Crippen LogP contribution >= 0.6 is 22.7 Å². The minimum absolute atomic E-state index is 0.702. The third kappa shape index (κ3) is 2.79. The lowest BCUT2D eigenvalue weighted by molar-refractivity contribution is 0.659. The smallest absolute Gasteiger partial charge is 0.0538 e. The van der Waals surface area contributed by atoms with E-state index in [1.165, 1.54) is 37.6 Å². The zero-order valence-corrected chi connectivity index (χ0v) is 14.4. The van der Waals surface area contributed by atoms with Gasteiger partial charge < -0.3 is 0 Å². The molecule has 2 heteroatoms. The van der Waals surface area contributed by atoms with Gasteiger partial charge in [0.05, 0.1) is 9.40 Å². The summed E-state index contributed by atoms with van der Waals surface area (Å²) >= 11 is 3.98. The normalized spacial score (nSPS) is 20.0. The van der Waals surface area contributed by atoms with Gasteiger partial charge in [-0.25, -0.2) is 0 Å². The van der Waals surface area contributed by atoms with E-state index < -0.39 is 0 Å². The molecule has 3 rings (SSSR count). The van der Waals surface area contributed by atoms with Crippen LogP contribution in [0.1, 0.15) is 43.6 Å². The molecule has 2 aromatic rings. The van der Waals surface area contributed by atoms with E-state index in [1.54, 1.807) is 4.88 Å². The Bertz CT molecular complexity index is 799. The van der Waals surface area contributed by atoms with Crippen molar-refractivity contribution in [1.82, 2.24) is 0 Å². The molecule has 2 heterocycles. The van der Waals surface area contributed by atoms with Crippen molar-refractivity contribution in [1.29, 1.82) is 0 Å². The Morgan fingerprint density at radius 3 is 2.90 bits per heavy atom. The van der Waals surface area contributed by atoms with Gasteiger partial charge in [-0.2, -0.15) is 0 Å². The van der Waals surface area contributed by atoms with Gasteiger partial charge in [0.1, 0.15) is 0 Å². The van der Waals surface area contributed by atoms with Gasteiger partial charge in [0.2, 0.25) is 0 Å². The molecular formula is C19H22S2. The Kier molecular flexibility index (Phi) is 4.46. The number of allylic oxidation sites excluding steroid dienone is 2. The van der Waals surface area contributed by atoms with Crippen LogP contribution in [0.25, 0.3) is 27.6 Å². The molecule has 0 nitrogen and oxygen atoms in total. The summed E-state index contributed by atoms with van der Waals surface area (Å²) in [5.74, 6) is 0.702. The molecular weight excluding hydrogens is 292 g/mol. The minimum atomic E-state index is 0.702. The lowest BCUT2D eigenvalue weighted by atomic mass is 10.1. The first-order chi connectivity index (χ1) is 10.2. The third-order valence-corrected chi connectivity index (χ3v) is 6.66. The Morgan fingerprint density at radius 2 is 2.14 bits per heavy atom. The number of thiophene rings is 2. The first-order valence-corrected chi connectivity index (χ1v) is 9.41. The summed E-state index contributed by atoms with van der Waals surface area (Å²) in [5.41, 5.74) is 1.49. The molecule has 1 aliphatic carbocycles. The Labute approximate surface area is 134 Å². The molecule has 1 atom stereocenters. The van der Waals surface area contributed by atoms with Crippen LogP contribution in [0.2, 0.25) is 0 Å². The van der Waals surface area contributed by atoms with E-state index in [0.29, 0.717) is 5.92 Å². The number of aryl methyl sites for hydroxylation is 1. The van der Waals surface area contributed by atoms with E-state index in [1.807, 2.05) is 28.7 Å². The molecule has 110 valence electrons. The molecule has 0 saturated heterocycles. The maximum Gasteiger partial charge on any atom is 0.0538 e. The zero-order chi connectivity index (χ0) is 14.8. The van der Waals surface area contributed by atoms with E-state index >= 15 is 0 Å². The zero-order valence-electron chi connectivity index (χ0n) is 12.8. The van der Waals surface area contributed by atoms with Crippen LogP contribution in [0.15, 0.2) is 18.7 Å². The molecule has 0 radical (unpaired) electrons. The van der Waals surface area contributed by atoms with Crippen molar-refractivity contribution in [2.75, 3.05) is 0 Å². The number of fused-ring (bicyclic) bond motifs is 3. The second kappa shape index (κ2) is 6.33. The topological polar surface area (TPSA) is 0 Å². The van der Waals surface area contributed by atoms with E-state index in [4.69, 9.17) is 0 Å². The summed E-state index contributed by atoms with van der Waals surface area (Å²) in [6.45, 7) is 8.39. The molecule has 2 aromatic heterocycles. The Hall–Kier alpha value is -1.12. The molecule has 0 aliphatic heterocycles. The van der Waals surface area contributed by atoms with Gasteiger partial charge in [-0.3, -0.25) is 0 Å². The molecule has 0 amide bonds. The molecule has 0 spiro atoms. The monoisotopic (exact) mass is 314 g/mol. The fourth-order valence-electron chi connectivity index (χ4n) is 2.83. The second-order valence-electron chi connectivity index (χ2n) is 5.69. The molecule has 1 unspecified atom stereocenters. The fourth-order valence-corrected chi connectivity index (χ4v) is 5.73. The Balaban J connectivity index is 2.28. The van der Waals surface area contributed by atoms with Crippen LogP contribution in [-0.2, 0) is 6.42 Å². The highest BCUT2D eigenvalue weighted by Gasteiger charge is 2.16. The highest BCUT2D eigenvalue weighted by molar-refractivity contribution is 7.27. The summed E-state index contributed by atoms with van der Waals surface area (Å²) in [4.78, 5) is 1.58. The predicted octanol–water partition coefficient (Wildman–Crippen LogP) is 5.11. The average molecular weight is 315 g/mol. The standard InChI is InChI=1S/C19H22S2/c1-4-6-8-14-16(7-5-2)20-19-15-11-9-13(3)10-12-17(15)21-18(14)19/h4,7-9,11,13H,1,5-6,10,12H2,2-3H3/b14-8+,16-7+. The van der Waals surface area contributed by atoms with E-state index in [9.17, 15) is 0 Å². The highest BCUT2D eigenvalue weighted by Crippen LogP contribution is 2.36. The summed E-state index contributed by atoms with van der Waals surface area (Å²) in [6.07, 6.45) is 16.0. The summed E-state index contributed by atoms with van der Waals surface area (Å²) in [5, 5.41) is 1.44. The third-order valence-electron chi connectivity index (χ3n) is 3.99. The summed E-state index contributed by atoms with van der Waals surface area (Å²) < 4.78 is 4.43. The second-order valence-corrected chi connectivity index (χ2v) is 7.85. The number of rotatable bonds is 3. The first kappa shape index (κ1) is 14.8. The van der Waals surface area contributed by atoms with E-state index in [0.717, 1.165) is 12.8 Å². The van der Waals surface area contributed by atoms with E-state index in [-0.39, 0.29) is 0 Å². The molecule has 0 saturated carbocycles. The highest BCUT2D eigenvalue weighted by atomic mass is 32.1. The molecule has 0 bridgehead atoms. The Morgan fingerprint density at radius 1 is 1.29 bits per heavy atom. The fraction of sp³-hybridized carbons (Fsp3) is 0.368. The maximum atomic E-state index is 3.86. The van der Waals surface area contributed by atoms with Gasteiger partial charge in [0, 0.05) is 20.2 Å². The van der Waals surface area contributed by atoms with Gasteiger partial charge in [0.25, 0.3) is 0 Å². The lowest BCUT2D eigenvalue weighted by Gasteiger charge is -2.00. The first-order valence-electron chi connectivity index (χ1n) is 7.78. The van der Waals surface area contributed by atoms with Crippen LogP contribution in [-0.4, -0.2) is 0 Å². The predicted molar refractivity (Wildman–Crippen MR) is 99.5 cm³/mol. The van der Waals surface area contributed by atoms with Gasteiger partial charge in [-0.15, -0.1) is 29.3 Å². The van der Waals surface area contributed by atoms with Gasteiger partial charge in [-0.05, 0) is 31.6 Å². The maximum absolute atomic E-state index is 3.86. The molecule has 21 heavy (non-hydrogen) atoms. The van der Waals surface area contributed by atoms with Crippen molar-refractivity contribution in [3.8, 4) is 0 Å². The molecule has 1 aliphatic rings. The molecule has 0 N–H and O–H groups in total. The molecule has 0 fully saturated rings. The number of hydrogen-bond donors (Lipinski definition) is 0. The van der Waals surface area contributed by atoms with Gasteiger partial charge in [0.15, 0.2) is 0 Å². The van der Waals surface area contributed by atoms with Crippen LogP contribution in [0.5, 0.6) is 0 Å². The van der Waals surface area contributed by atoms with Crippen molar-refractivity contribution in [2.24, 2.45) is 5.92 Å². The SMILES string of the molecule is C=CC/C=c1\c(=C/CC)sc2c3c(sc12)CCC(C)C=C3. The van der Waals surface area contributed by atoms with Crippen molar-refractivity contribution in [3.63, 3.8) is 0 Å². The summed E-state index contributed by atoms with van der Waals surface area (Å²) in [7, 11) is 0. The van der Waals surface area contributed by atoms with Crippen LogP contribution in [0, 0.1) is 5.92 Å². The van der Waals surface area contributed by atoms with Crippen molar-refractivity contribution >= 4 is 50.3 Å². The quantitative estimate of drug-likeness (QED) is 0.691. The van der Waals surface area contributed by atoms with Crippen molar-refractivity contribution in [3.05, 3.63) is 38.9 Å². The number of hydrogen-bond acceptors (Lipinski definition) is 2. The van der Waals surface area contributed by atoms with Crippen LogP contribution < -0.4 is 9.75 Å². The largest absolute Gasteiger partial charge is 0.138 e. The van der Waals surface area contributed by atoms with Crippen LogP contribution in [0.4, 0.5) is 0 Å². The van der Waals surface area contributed by atoms with Crippen molar-refractivity contribution < 1.29 is 0 Å². The molecule has 0 aromatic carbocycles.